The molecule has 0 radical (unpaired) electrons. The average Bonchev–Trinajstić information content (AvgIpc) is 2.67. The van der Waals surface area contributed by atoms with Gasteiger partial charge in [0.25, 0.3) is 0 Å². The Bertz CT molecular complexity index is 1020. The van der Waals surface area contributed by atoms with E-state index in [0.29, 0.717) is 10.7 Å². The van der Waals surface area contributed by atoms with Gasteiger partial charge in [0, 0.05) is 5.02 Å². The van der Waals surface area contributed by atoms with E-state index in [9.17, 15) is 13.2 Å². The van der Waals surface area contributed by atoms with Crippen molar-refractivity contribution < 1.29 is 13.2 Å². The van der Waals surface area contributed by atoms with Crippen molar-refractivity contribution >= 4 is 33.2 Å². The van der Waals surface area contributed by atoms with Crippen LogP contribution < -0.4 is 9.62 Å². The Balaban J connectivity index is 1.76. The van der Waals surface area contributed by atoms with Gasteiger partial charge in [0.1, 0.15) is 6.54 Å². The molecule has 0 aliphatic heterocycles. The molecule has 1 N–H and O–H groups in total. The minimum atomic E-state index is -3.65. The topological polar surface area (TPSA) is 66.5 Å². The normalized spacial score (nSPS) is 14.8. The molecular weight excluding hydrogens is 408 g/mol. The second-order valence-electron chi connectivity index (χ2n) is 7.72. The summed E-state index contributed by atoms with van der Waals surface area (Å²) in [6.45, 7) is 3.41. The maximum Gasteiger partial charge on any atom is 0.241 e. The number of benzene rings is 2. The summed E-state index contributed by atoms with van der Waals surface area (Å²) in [7, 11) is -3.65. The molecule has 2 aromatic carbocycles. The number of hydrogen-bond donors (Lipinski definition) is 1. The zero-order valence-corrected chi connectivity index (χ0v) is 18.6. The molecule has 1 amide bonds. The largest absolute Gasteiger partial charge is 0.348 e. The van der Waals surface area contributed by atoms with E-state index in [1.165, 1.54) is 24.0 Å². The Labute approximate surface area is 178 Å². The molecule has 3 rings (SSSR count). The van der Waals surface area contributed by atoms with E-state index >= 15 is 0 Å². The first-order valence-corrected chi connectivity index (χ1v) is 12.0. The minimum Gasteiger partial charge on any atom is -0.348 e. The van der Waals surface area contributed by atoms with Gasteiger partial charge in [-0.25, -0.2) is 8.42 Å². The summed E-state index contributed by atoms with van der Waals surface area (Å²) < 4.78 is 25.8. The van der Waals surface area contributed by atoms with Gasteiger partial charge < -0.3 is 5.32 Å². The fourth-order valence-corrected chi connectivity index (χ4v) is 4.83. The van der Waals surface area contributed by atoms with Crippen molar-refractivity contribution in [3.8, 4) is 0 Å². The highest BCUT2D eigenvalue weighted by Crippen LogP contribution is 2.27. The maximum atomic E-state index is 12.7. The number of aryl methyl sites for hydroxylation is 3. The molecule has 0 heterocycles. The molecule has 0 bridgehead atoms. The van der Waals surface area contributed by atoms with Crippen molar-refractivity contribution in [3.05, 3.63) is 63.7 Å². The number of amides is 1. The molecule has 29 heavy (non-hydrogen) atoms. The van der Waals surface area contributed by atoms with Crippen LogP contribution in [0.5, 0.6) is 0 Å². The van der Waals surface area contributed by atoms with E-state index < -0.39 is 10.0 Å². The van der Waals surface area contributed by atoms with Gasteiger partial charge in [-0.05, 0) is 73.9 Å². The highest BCUT2D eigenvalue weighted by Gasteiger charge is 2.24. The number of fused-ring (bicyclic) bond motifs is 1. The maximum absolute atomic E-state index is 12.7. The van der Waals surface area contributed by atoms with E-state index in [1.54, 1.807) is 25.1 Å². The van der Waals surface area contributed by atoms with Crippen LogP contribution in [-0.4, -0.2) is 27.1 Å². The molecule has 0 fully saturated rings. The number of anilines is 1. The fourth-order valence-electron chi connectivity index (χ4n) is 3.76. The molecule has 1 aliphatic rings. The molecular formula is C22H27ClN2O3S. The predicted octanol–water partition coefficient (Wildman–Crippen LogP) is 4.17. The number of sulfonamides is 1. The number of hydrogen-bond acceptors (Lipinski definition) is 3. The lowest BCUT2D eigenvalue weighted by Gasteiger charge is -2.25. The fraction of sp³-hybridized carbons (Fsp3) is 0.409. The first kappa shape index (κ1) is 21.7. The standard InChI is InChI=1S/C22H27ClN2O3S/c1-15-8-11-20(23)13-21(15)25(29(3,27)28)14-22(26)24-16(2)18-10-9-17-6-4-5-7-19(17)12-18/h8-13,16H,4-7,14H2,1-3H3,(H,24,26)/t16-/m1/s1. The number of nitrogens with one attached hydrogen (secondary N) is 1. The van der Waals surface area contributed by atoms with Gasteiger partial charge in [-0.1, -0.05) is 35.9 Å². The summed E-state index contributed by atoms with van der Waals surface area (Å²) in [5.74, 6) is -0.361. The molecule has 1 atom stereocenters. The Morgan fingerprint density at radius 3 is 2.52 bits per heavy atom. The van der Waals surface area contributed by atoms with Crippen molar-refractivity contribution in [2.45, 2.75) is 45.6 Å². The quantitative estimate of drug-likeness (QED) is 0.741. The van der Waals surface area contributed by atoms with E-state index in [1.807, 2.05) is 13.0 Å². The van der Waals surface area contributed by atoms with Crippen LogP contribution >= 0.6 is 11.6 Å². The highest BCUT2D eigenvalue weighted by molar-refractivity contribution is 7.92. The van der Waals surface area contributed by atoms with E-state index in [4.69, 9.17) is 11.6 Å². The zero-order valence-electron chi connectivity index (χ0n) is 17.0. The molecule has 1 aliphatic carbocycles. The van der Waals surface area contributed by atoms with Gasteiger partial charge in [-0.15, -0.1) is 0 Å². The molecule has 7 heteroatoms. The van der Waals surface area contributed by atoms with Crippen LogP contribution in [0.4, 0.5) is 5.69 Å². The molecule has 0 unspecified atom stereocenters. The van der Waals surface area contributed by atoms with Crippen molar-refractivity contribution in [1.82, 2.24) is 5.32 Å². The van der Waals surface area contributed by atoms with E-state index in [-0.39, 0.29) is 18.5 Å². The first-order chi connectivity index (χ1) is 13.6. The Morgan fingerprint density at radius 2 is 1.83 bits per heavy atom. The Morgan fingerprint density at radius 1 is 1.14 bits per heavy atom. The van der Waals surface area contributed by atoms with Crippen LogP contribution in [0.2, 0.25) is 5.02 Å². The molecule has 0 saturated heterocycles. The smallest absolute Gasteiger partial charge is 0.241 e. The molecule has 5 nitrogen and oxygen atoms in total. The monoisotopic (exact) mass is 434 g/mol. The summed E-state index contributed by atoms with van der Waals surface area (Å²) in [6, 6.07) is 11.1. The van der Waals surface area contributed by atoms with E-state index in [0.717, 1.165) is 34.5 Å². The second-order valence-corrected chi connectivity index (χ2v) is 10.1. The lowest BCUT2D eigenvalue weighted by molar-refractivity contribution is -0.120. The summed E-state index contributed by atoms with van der Waals surface area (Å²) in [6.07, 6.45) is 5.69. The molecule has 156 valence electrons. The average molecular weight is 435 g/mol. The van der Waals surface area contributed by atoms with Gasteiger partial charge in [-0.3, -0.25) is 9.10 Å². The molecule has 2 aromatic rings. The number of carbonyl (C=O) groups excluding carboxylic acids is 1. The molecule has 0 aromatic heterocycles. The van der Waals surface area contributed by atoms with Crippen molar-refractivity contribution in [1.29, 1.82) is 0 Å². The van der Waals surface area contributed by atoms with Crippen LogP contribution in [0, 0.1) is 6.92 Å². The van der Waals surface area contributed by atoms with Crippen molar-refractivity contribution in [2.75, 3.05) is 17.1 Å². The van der Waals surface area contributed by atoms with Gasteiger partial charge in [0.15, 0.2) is 0 Å². The van der Waals surface area contributed by atoms with Crippen molar-refractivity contribution in [2.24, 2.45) is 0 Å². The van der Waals surface area contributed by atoms with Crippen LogP contribution in [0.25, 0.3) is 0 Å². The van der Waals surface area contributed by atoms with Crippen molar-refractivity contribution in [3.63, 3.8) is 0 Å². The van der Waals surface area contributed by atoms with Gasteiger partial charge in [0.2, 0.25) is 15.9 Å². The minimum absolute atomic E-state index is 0.211. The first-order valence-electron chi connectivity index (χ1n) is 9.80. The summed E-state index contributed by atoms with van der Waals surface area (Å²) in [4.78, 5) is 12.7. The molecule has 0 saturated carbocycles. The zero-order chi connectivity index (χ0) is 21.2. The summed E-state index contributed by atoms with van der Waals surface area (Å²) in [5.41, 5.74) is 4.91. The Hall–Kier alpha value is -2.05. The number of nitrogens with zero attached hydrogens (tertiary/aromatic N) is 1. The third-order valence-corrected chi connectivity index (χ3v) is 6.74. The molecule has 0 spiro atoms. The SMILES string of the molecule is Cc1ccc(Cl)cc1N(CC(=O)N[C@H](C)c1ccc2c(c1)CCCC2)S(C)(=O)=O. The van der Waals surface area contributed by atoms with Crippen LogP contribution in [0.3, 0.4) is 0 Å². The van der Waals surface area contributed by atoms with Gasteiger partial charge >= 0.3 is 0 Å². The number of halogens is 1. The Kier molecular flexibility index (Phi) is 6.54. The van der Waals surface area contributed by atoms with Crippen LogP contribution in [0.15, 0.2) is 36.4 Å². The number of rotatable bonds is 6. The number of carbonyl (C=O) groups is 1. The van der Waals surface area contributed by atoms with E-state index in [2.05, 4.69) is 17.4 Å². The lowest BCUT2D eigenvalue weighted by Crippen LogP contribution is -2.41. The van der Waals surface area contributed by atoms with Crippen LogP contribution in [0.1, 0.15) is 48.1 Å². The van der Waals surface area contributed by atoms with Gasteiger partial charge in [0.05, 0.1) is 18.0 Å². The summed E-state index contributed by atoms with van der Waals surface area (Å²) in [5, 5.41) is 3.35. The highest BCUT2D eigenvalue weighted by atomic mass is 35.5. The summed E-state index contributed by atoms with van der Waals surface area (Å²) >= 11 is 6.05. The predicted molar refractivity (Wildman–Crippen MR) is 118 cm³/mol. The van der Waals surface area contributed by atoms with Crippen LogP contribution in [-0.2, 0) is 27.7 Å². The second kappa shape index (κ2) is 8.76. The van der Waals surface area contributed by atoms with Gasteiger partial charge in [-0.2, -0.15) is 0 Å². The lowest BCUT2D eigenvalue weighted by atomic mass is 9.89. The third-order valence-electron chi connectivity index (χ3n) is 5.38. The third kappa shape index (κ3) is 5.31.